The van der Waals surface area contributed by atoms with E-state index in [0.29, 0.717) is 30.1 Å². The number of hydrogen-bond acceptors (Lipinski definition) is 3. The van der Waals surface area contributed by atoms with E-state index in [9.17, 15) is 18.0 Å². The van der Waals surface area contributed by atoms with Gasteiger partial charge in [0, 0.05) is 17.8 Å². The summed E-state index contributed by atoms with van der Waals surface area (Å²) >= 11 is 5.61. The molecule has 0 aromatic carbocycles. The normalized spacial score (nSPS) is 19.5. The van der Waals surface area contributed by atoms with Crippen molar-refractivity contribution in [3.05, 3.63) is 17.0 Å². The first-order chi connectivity index (χ1) is 10.2. The second kappa shape index (κ2) is 6.45. The van der Waals surface area contributed by atoms with E-state index in [4.69, 9.17) is 16.3 Å². The molecule has 0 saturated carbocycles. The maximum Gasteiger partial charge on any atom is 0.408 e. The number of carbonyl (C=O) groups is 1. The molecule has 0 bridgehead atoms. The van der Waals surface area contributed by atoms with Crippen molar-refractivity contribution in [2.45, 2.75) is 32.6 Å². The van der Waals surface area contributed by atoms with E-state index in [1.54, 1.807) is 18.7 Å². The van der Waals surface area contributed by atoms with Gasteiger partial charge < -0.3 is 9.64 Å². The zero-order chi connectivity index (χ0) is 16.5. The van der Waals surface area contributed by atoms with Crippen LogP contribution in [0, 0.1) is 13.8 Å². The molecule has 0 aliphatic carbocycles. The molecule has 1 aliphatic rings. The largest absolute Gasteiger partial charge is 0.408 e. The fraction of sp³-hybridized carbons (Fsp3) is 0.692. The van der Waals surface area contributed by atoms with Gasteiger partial charge in [-0.3, -0.25) is 9.48 Å². The maximum atomic E-state index is 12.6. The molecule has 2 heterocycles. The van der Waals surface area contributed by atoms with Gasteiger partial charge in [-0.2, -0.15) is 18.3 Å². The fourth-order valence-electron chi connectivity index (χ4n) is 2.73. The molecule has 1 unspecified atom stereocenters. The third kappa shape index (κ3) is 3.55. The number of amides is 1. The van der Waals surface area contributed by atoms with Gasteiger partial charge in [0.1, 0.15) is 12.4 Å². The van der Waals surface area contributed by atoms with E-state index in [2.05, 4.69) is 5.10 Å². The number of hydrogen-bond donors (Lipinski definition) is 0. The van der Waals surface area contributed by atoms with E-state index in [0.717, 1.165) is 4.68 Å². The Bertz CT molecular complexity index is 559. The van der Waals surface area contributed by atoms with Gasteiger partial charge >= 0.3 is 6.18 Å². The third-order valence-corrected chi connectivity index (χ3v) is 3.89. The van der Waals surface area contributed by atoms with Crippen molar-refractivity contribution in [2.24, 2.45) is 0 Å². The Labute approximate surface area is 131 Å². The molecule has 1 aromatic heterocycles. The van der Waals surface area contributed by atoms with Gasteiger partial charge in [-0.15, -0.1) is 11.6 Å². The number of nitrogens with zero attached hydrogens (tertiary/aromatic N) is 3. The van der Waals surface area contributed by atoms with Crippen LogP contribution in [0.4, 0.5) is 13.2 Å². The lowest BCUT2D eigenvalue weighted by Gasteiger charge is -2.35. The number of aryl methyl sites for hydroxylation is 1. The second-order valence-electron chi connectivity index (χ2n) is 5.17. The molecule has 22 heavy (non-hydrogen) atoms. The summed E-state index contributed by atoms with van der Waals surface area (Å²) in [6.45, 7) is 3.01. The summed E-state index contributed by atoms with van der Waals surface area (Å²) in [7, 11) is 0. The van der Waals surface area contributed by atoms with E-state index < -0.39 is 18.8 Å². The highest BCUT2D eigenvalue weighted by Crippen LogP contribution is 2.31. The average Bonchev–Trinajstić information content (AvgIpc) is 2.70. The molecule has 1 atom stereocenters. The summed E-state index contributed by atoms with van der Waals surface area (Å²) in [5, 5.41) is 3.96. The predicted octanol–water partition coefficient (Wildman–Crippen LogP) is 2.20. The standard InChI is InChI=1S/C13H17ClF3N3O2/c1-8-12(9(2)20(18-8)7-13(15,16)17)10-6-22-4-3-19(10)11(21)5-14/h10H,3-7H2,1-2H3. The monoisotopic (exact) mass is 339 g/mol. The van der Waals surface area contributed by atoms with Crippen molar-refractivity contribution in [3.8, 4) is 0 Å². The second-order valence-corrected chi connectivity index (χ2v) is 5.44. The number of rotatable bonds is 3. The molecular weight excluding hydrogens is 323 g/mol. The highest BCUT2D eigenvalue weighted by Gasteiger charge is 2.35. The summed E-state index contributed by atoms with van der Waals surface area (Å²) in [5.41, 5.74) is 1.45. The van der Waals surface area contributed by atoms with Crippen LogP contribution in [0.15, 0.2) is 0 Å². The van der Waals surface area contributed by atoms with Crippen LogP contribution < -0.4 is 0 Å². The molecule has 1 saturated heterocycles. The Morgan fingerprint density at radius 1 is 1.45 bits per heavy atom. The van der Waals surface area contributed by atoms with Crippen LogP contribution in [-0.2, 0) is 16.1 Å². The molecule has 5 nitrogen and oxygen atoms in total. The Balaban J connectivity index is 2.36. The molecule has 9 heteroatoms. The van der Waals surface area contributed by atoms with E-state index in [1.807, 2.05) is 0 Å². The van der Waals surface area contributed by atoms with Gasteiger partial charge in [-0.1, -0.05) is 0 Å². The minimum Gasteiger partial charge on any atom is -0.377 e. The number of morpholine rings is 1. The number of aromatic nitrogens is 2. The van der Waals surface area contributed by atoms with Crippen molar-refractivity contribution < 1.29 is 22.7 Å². The first-order valence-electron chi connectivity index (χ1n) is 6.78. The van der Waals surface area contributed by atoms with Crippen molar-refractivity contribution in [3.63, 3.8) is 0 Å². The average molecular weight is 340 g/mol. The number of alkyl halides is 4. The van der Waals surface area contributed by atoms with Crippen molar-refractivity contribution in [2.75, 3.05) is 25.6 Å². The van der Waals surface area contributed by atoms with Crippen molar-refractivity contribution in [1.29, 1.82) is 0 Å². The van der Waals surface area contributed by atoms with Crippen LogP contribution in [0.25, 0.3) is 0 Å². The summed E-state index contributed by atoms with van der Waals surface area (Å²) in [6.07, 6.45) is -4.35. The van der Waals surface area contributed by atoms with E-state index in [-0.39, 0.29) is 18.4 Å². The first-order valence-corrected chi connectivity index (χ1v) is 7.32. The molecule has 1 aliphatic heterocycles. The topological polar surface area (TPSA) is 47.4 Å². The molecule has 0 N–H and O–H groups in total. The number of carbonyl (C=O) groups excluding carboxylic acids is 1. The molecule has 0 radical (unpaired) electrons. The van der Waals surface area contributed by atoms with Crippen molar-refractivity contribution >= 4 is 17.5 Å². The van der Waals surface area contributed by atoms with Crippen LogP contribution >= 0.6 is 11.6 Å². The Hall–Kier alpha value is -1.28. The van der Waals surface area contributed by atoms with Crippen LogP contribution in [-0.4, -0.2) is 52.4 Å². The minimum atomic E-state index is -4.35. The third-order valence-electron chi connectivity index (χ3n) is 3.66. The molecule has 1 fully saturated rings. The van der Waals surface area contributed by atoms with Crippen LogP contribution in [0.2, 0.25) is 0 Å². The summed E-state index contributed by atoms with van der Waals surface area (Å²) in [6, 6.07) is -0.456. The Kier molecular flexibility index (Phi) is 5.01. The maximum absolute atomic E-state index is 12.6. The van der Waals surface area contributed by atoms with Gasteiger partial charge in [0.2, 0.25) is 5.91 Å². The Morgan fingerprint density at radius 2 is 2.14 bits per heavy atom. The van der Waals surface area contributed by atoms with Gasteiger partial charge in [0.25, 0.3) is 0 Å². The summed E-state index contributed by atoms with van der Waals surface area (Å²) < 4.78 is 44.1. The van der Waals surface area contributed by atoms with Gasteiger partial charge in [0.05, 0.1) is 24.9 Å². The first kappa shape index (κ1) is 17.1. The molecule has 124 valence electrons. The summed E-state index contributed by atoms with van der Waals surface area (Å²) in [5.74, 6) is -0.442. The summed E-state index contributed by atoms with van der Waals surface area (Å²) in [4.78, 5) is 13.5. The van der Waals surface area contributed by atoms with E-state index >= 15 is 0 Å². The highest BCUT2D eigenvalue weighted by molar-refractivity contribution is 6.27. The highest BCUT2D eigenvalue weighted by atomic mass is 35.5. The molecular formula is C13H17ClF3N3O2. The van der Waals surface area contributed by atoms with Crippen LogP contribution in [0.5, 0.6) is 0 Å². The van der Waals surface area contributed by atoms with Crippen LogP contribution in [0.1, 0.15) is 23.0 Å². The quantitative estimate of drug-likeness (QED) is 0.793. The van der Waals surface area contributed by atoms with Crippen molar-refractivity contribution in [1.82, 2.24) is 14.7 Å². The molecule has 0 spiro atoms. The predicted molar refractivity (Wildman–Crippen MR) is 73.7 cm³/mol. The number of halogens is 4. The smallest absolute Gasteiger partial charge is 0.377 e. The lowest BCUT2D eigenvalue weighted by atomic mass is 10.0. The zero-order valence-electron chi connectivity index (χ0n) is 12.3. The fourth-order valence-corrected chi connectivity index (χ4v) is 2.89. The van der Waals surface area contributed by atoms with Crippen LogP contribution in [0.3, 0.4) is 0 Å². The lowest BCUT2D eigenvalue weighted by molar-refractivity contribution is -0.143. The molecule has 2 rings (SSSR count). The van der Waals surface area contributed by atoms with E-state index in [1.165, 1.54) is 0 Å². The van der Waals surface area contributed by atoms with Gasteiger partial charge in [-0.05, 0) is 13.8 Å². The van der Waals surface area contributed by atoms with Gasteiger partial charge in [0.15, 0.2) is 0 Å². The molecule has 1 aromatic rings. The minimum absolute atomic E-state index is 0.175. The molecule has 1 amide bonds. The zero-order valence-corrected chi connectivity index (χ0v) is 13.0. The Morgan fingerprint density at radius 3 is 2.73 bits per heavy atom. The number of ether oxygens (including phenoxy) is 1. The van der Waals surface area contributed by atoms with Gasteiger partial charge in [-0.25, -0.2) is 0 Å². The lowest BCUT2D eigenvalue weighted by Crippen LogP contribution is -2.44. The SMILES string of the molecule is Cc1nn(CC(F)(F)F)c(C)c1C1COCCN1C(=O)CCl.